The Labute approximate surface area is 203 Å². The molecule has 0 spiro atoms. The Bertz CT molecular complexity index is 1510. The first kappa shape index (κ1) is 20.3. The summed E-state index contributed by atoms with van der Waals surface area (Å²) < 4.78 is 0. The van der Waals surface area contributed by atoms with Crippen LogP contribution in [0.1, 0.15) is 12.0 Å². The minimum atomic E-state index is -0.195. The zero-order valence-corrected chi connectivity index (χ0v) is 19.3. The van der Waals surface area contributed by atoms with Gasteiger partial charge in [0, 0.05) is 16.5 Å². The third-order valence-electron chi connectivity index (χ3n) is 7.75. The Balaban J connectivity index is 1.30. The summed E-state index contributed by atoms with van der Waals surface area (Å²) in [5.41, 5.74) is 5.36. The Morgan fingerprint density at radius 3 is 2.14 bits per heavy atom. The van der Waals surface area contributed by atoms with Crippen molar-refractivity contribution in [1.29, 1.82) is 0 Å². The molecule has 1 aromatic heterocycles. The van der Waals surface area contributed by atoms with Gasteiger partial charge in [-0.05, 0) is 49.4 Å². The van der Waals surface area contributed by atoms with Gasteiger partial charge in [-0.25, -0.2) is 9.97 Å². The number of aryl methyl sites for hydroxylation is 1. The molecule has 35 heavy (non-hydrogen) atoms. The van der Waals surface area contributed by atoms with Crippen molar-refractivity contribution >= 4 is 28.4 Å². The lowest BCUT2D eigenvalue weighted by Gasteiger charge is -2.18. The van der Waals surface area contributed by atoms with Gasteiger partial charge in [-0.1, -0.05) is 66.2 Å². The van der Waals surface area contributed by atoms with Gasteiger partial charge in [-0.15, -0.1) is 0 Å². The number of hydrogen-bond donors (Lipinski definition) is 0. The smallest absolute Gasteiger partial charge is 0.238 e. The van der Waals surface area contributed by atoms with E-state index in [1.165, 1.54) is 4.90 Å². The highest BCUT2D eigenvalue weighted by molar-refractivity contribution is 6.22. The molecule has 1 saturated carbocycles. The molecule has 0 unspecified atom stereocenters. The number of anilines is 1. The Kier molecular flexibility index (Phi) is 4.31. The summed E-state index contributed by atoms with van der Waals surface area (Å²) in [6.07, 6.45) is 5.18. The molecule has 5 nitrogen and oxygen atoms in total. The highest BCUT2D eigenvalue weighted by Gasteiger charge is 2.59. The summed E-state index contributed by atoms with van der Waals surface area (Å²) in [4.78, 5) is 37.6. The fourth-order valence-electron chi connectivity index (χ4n) is 6.10. The van der Waals surface area contributed by atoms with Gasteiger partial charge in [0.05, 0.1) is 28.7 Å². The summed E-state index contributed by atoms with van der Waals surface area (Å²) in [6.45, 7) is 2.06. The lowest BCUT2D eigenvalue weighted by atomic mass is 9.85. The van der Waals surface area contributed by atoms with Crippen molar-refractivity contribution in [2.75, 3.05) is 4.90 Å². The molecular weight excluding hydrogens is 434 g/mol. The number of hydrogen-bond acceptors (Lipinski definition) is 4. The third kappa shape index (κ3) is 3.01. The van der Waals surface area contributed by atoms with Gasteiger partial charge in [-0.3, -0.25) is 14.5 Å². The number of nitrogens with zero attached hydrogens (tertiary/aromatic N) is 3. The maximum atomic E-state index is 13.2. The molecule has 3 aliphatic rings. The Hall–Kier alpha value is -4.12. The van der Waals surface area contributed by atoms with Crippen LogP contribution >= 0.6 is 0 Å². The molecule has 2 bridgehead atoms. The average Bonchev–Trinajstić information content (AvgIpc) is 3.58. The van der Waals surface area contributed by atoms with Gasteiger partial charge in [0.25, 0.3) is 0 Å². The summed E-state index contributed by atoms with van der Waals surface area (Å²) in [5, 5.41) is 0.975. The summed E-state index contributed by atoms with van der Waals surface area (Å²) >= 11 is 0. The first-order valence-corrected chi connectivity index (χ1v) is 12.1. The van der Waals surface area contributed by atoms with E-state index >= 15 is 0 Å². The fraction of sp³-hybridized carbons (Fsp3) is 0.200. The van der Waals surface area contributed by atoms with Crippen LogP contribution in [0.25, 0.3) is 33.5 Å². The second-order valence-corrected chi connectivity index (χ2v) is 9.84. The van der Waals surface area contributed by atoms with Gasteiger partial charge in [0.1, 0.15) is 0 Å². The summed E-state index contributed by atoms with van der Waals surface area (Å²) in [5.74, 6) is 0.578. The van der Waals surface area contributed by atoms with Crippen molar-refractivity contribution < 1.29 is 9.59 Å². The quantitative estimate of drug-likeness (QED) is 0.297. The van der Waals surface area contributed by atoms with E-state index in [1.807, 2.05) is 60.7 Å². The number of rotatable bonds is 3. The SMILES string of the molecule is Cc1ccc2nc(-c3ccccc3)nc(-c3ccc(N4C(=O)[C@@H]5[C@@H](C4=O)[C@H]4C=C[C@@H]5C4)cc3)c2c1. The topological polar surface area (TPSA) is 63.2 Å². The number of amides is 2. The maximum absolute atomic E-state index is 13.2. The molecule has 1 aliphatic heterocycles. The standard InChI is InChI=1S/C30H23N3O2/c1-17-7-14-24-23(15-17)27(32-28(31-24)19-5-3-2-4-6-19)18-10-12-22(13-11-18)33-29(34)25-20-8-9-21(16-20)26(25)30(33)35/h2-15,20-21,25-26H,16H2,1H3/t20-,21+,25-,26-/m0/s1. The van der Waals surface area contributed by atoms with Crippen molar-refractivity contribution in [3.63, 3.8) is 0 Å². The minimum Gasteiger partial charge on any atom is -0.274 e. The van der Waals surface area contributed by atoms with Crippen molar-refractivity contribution in [3.05, 3.63) is 90.5 Å². The van der Waals surface area contributed by atoms with Crippen molar-refractivity contribution in [1.82, 2.24) is 9.97 Å². The van der Waals surface area contributed by atoms with E-state index in [-0.39, 0.29) is 35.5 Å². The summed E-state index contributed by atoms with van der Waals surface area (Å²) in [6, 6.07) is 23.8. The second kappa shape index (κ2) is 7.44. The van der Waals surface area contributed by atoms with Gasteiger partial charge >= 0.3 is 0 Å². The first-order valence-electron chi connectivity index (χ1n) is 12.1. The Morgan fingerprint density at radius 1 is 0.771 bits per heavy atom. The highest BCUT2D eigenvalue weighted by atomic mass is 16.2. The van der Waals surface area contributed by atoms with E-state index in [0.717, 1.165) is 39.7 Å². The predicted octanol–water partition coefficient (Wildman–Crippen LogP) is 5.58. The molecule has 2 heterocycles. The number of allylic oxidation sites excluding steroid dienone is 2. The number of carbonyl (C=O) groups is 2. The molecule has 4 atom stereocenters. The van der Waals surface area contributed by atoms with Gasteiger partial charge in [0.2, 0.25) is 11.8 Å². The normalized spacial score (nSPS) is 24.5. The van der Waals surface area contributed by atoms with Gasteiger partial charge in [0.15, 0.2) is 5.82 Å². The zero-order valence-electron chi connectivity index (χ0n) is 19.3. The van der Waals surface area contributed by atoms with E-state index in [1.54, 1.807) is 0 Å². The van der Waals surface area contributed by atoms with Crippen LogP contribution in [-0.4, -0.2) is 21.8 Å². The second-order valence-electron chi connectivity index (χ2n) is 9.84. The highest BCUT2D eigenvalue weighted by Crippen LogP contribution is 2.53. The lowest BCUT2D eigenvalue weighted by molar-refractivity contribution is -0.123. The van der Waals surface area contributed by atoms with Crippen LogP contribution in [-0.2, 0) is 9.59 Å². The molecule has 3 aromatic carbocycles. The van der Waals surface area contributed by atoms with Crippen LogP contribution in [0.15, 0.2) is 84.9 Å². The average molecular weight is 458 g/mol. The number of carbonyl (C=O) groups excluding carboxylic acids is 2. The third-order valence-corrected chi connectivity index (χ3v) is 7.75. The monoisotopic (exact) mass is 457 g/mol. The molecule has 0 radical (unpaired) electrons. The zero-order chi connectivity index (χ0) is 23.7. The van der Waals surface area contributed by atoms with E-state index in [9.17, 15) is 9.59 Å². The van der Waals surface area contributed by atoms with Crippen LogP contribution in [0.2, 0.25) is 0 Å². The number of benzene rings is 3. The molecule has 4 aromatic rings. The molecule has 2 fully saturated rings. The van der Waals surface area contributed by atoms with Crippen molar-refractivity contribution in [2.45, 2.75) is 13.3 Å². The molecule has 170 valence electrons. The maximum Gasteiger partial charge on any atom is 0.238 e. The minimum absolute atomic E-state index is 0.0564. The van der Waals surface area contributed by atoms with Gasteiger partial charge in [-0.2, -0.15) is 0 Å². The lowest BCUT2D eigenvalue weighted by Crippen LogP contribution is -2.32. The summed E-state index contributed by atoms with van der Waals surface area (Å²) in [7, 11) is 0. The Morgan fingerprint density at radius 2 is 1.46 bits per heavy atom. The first-order chi connectivity index (χ1) is 17.1. The molecule has 1 saturated heterocycles. The van der Waals surface area contributed by atoms with Crippen LogP contribution in [0.4, 0.5) is 5.69 Å². The van der Waals surface area contributed by atoms with Crippen LogP contribution in [0.5, 0.6) is 0 Å². The largest absolute Gasteiger partial charge is 0.274 e. The van der Waals surface area contributed by atoms with Crippen LogP contribution < -0.4 is 4.90 Å². The van der Waals surface area contributed by atoms with Crippen molar-refractivity contribution in [3.8, 4) is 22.6 Å². The van der Waals surface area contributed by atoms with Crippen LogP contribution in [0, 0.1) is 30.6 Å². The molecule has 2 amide bonds. The molecule has 7 rings (SSSR count). The number of fused-ring (bicyclic) bond motifs is 6. The van der Waals surface area contributed by atoms with Crippen LogP contribution in [0.3, 0.4) is 0 Å². The fourth-order valence-corrected chi connectivity index (χ4v) is 6.10. The molecular formula is C30H23N3O2. The van der Waals surface area contributed by atoms with E-state index in [0.29, 0.717) is 11.5 Å². The molecule has 2 aliphatic carbocycles. The van der Waals surface area contributed by atoms with Gasteiger partial charge < -0.3 is 0 Å². The molecule has 0 N–H and O–H groups in total. The van der Waals surface area contributed by atoms with E-state index in [2.05, 4.69) is 31.2 Å². The van der Waals surface area contributed by atoms with E-state index in [4.69, 9.17) is 9.97 Å². The van der Waals surface area contributed by atoms with Crippen molar-refractivity contribution in [2.24, 2.45) is 23.7 Å². The number of imide groups is 1. The van der Waals surface area contributed by atoms with E-state index < -0.39 is 0 Å². The molecule has 5 heteroatoms. The number of aromatic nitrogens is 2. The predicted molar refractivity (Wildman–Crippen MR) is 135 cm³/mol.